The molecule has 0 aromatic rings. The molecule has 2 atom stereocenters. The van der Waals surface area contributed by atoms with Crippen molar-refractivity contribution in [3.8, 4) is 0 Å². The van der Waals surface area contributed by atoms with E-state index in [0.717, 1.165) is 12.8 Å². The van der Waals surface area contributed by atoms with E-state index in [4.69, 9.17) is 9.78 Å². The van der Waals surface area contributed by atoms with Crippen LogP contribution >= 0.6 is 0 Å². The van der Waals surface area contributed by atoms with Gasteiger partial charge in [-0.25, -0.2) is 9.78 Å². The third-order valence-corrected chi connectivity index (χ3v) is 2.84. The Morgan fingerprint density at radius 1 is 1.00 bits per heavy atom. The van der Waals surface area contributed by atoms with Crippen molar-refractivity contribution in [2.45, 2.75) is 72.5 Å². The summed E-state index contributed by atoms with van der Waals surface area (Å²) >= 11 is 0. The highest BCUT2D eigenvalue weighted by Crippen LogP contribution is 2.29. The van der Waals surface area contributed by atoms with Crippen LogP contribution in [-0.2, 0) is 9.78 Å². The molecule has 0 spiro atoms. The van der Waals surface area contributed by atoms with Gasteiger partial charge in [0, 0.05) is 0 Å². The van der Waals surface area contributed by atoms with Gasteiger partial charge in [-0.05, 0) is 40.0 Å². The second kappa shape index (κ2) is 5.13. The number of hydrogen-bond acceptors (Lipinski definition) is 2. The normalized spacial score (nSPS) is 19.1. The van der Waals surface area contributed by atoms with Crippen LogP contribution in [0.5, 0.6) is 0 Å². The van der Waals surface area contributed by atoms with Crippen LogP contribution in [0.1, 0.15) is 61.3 Å². The van der Waals surface area contributed by atoms with Gasteiger partial charge in [-0.15, -0.1) is 0 Å². The van der Waals surface area contributed by atoms with Gasteiger partial charge in [0.15, 0.2) is 0 Å². The van der Waals surface area contributed by atoms with E-state index >= 15 is 0 Å². The van der Waals surface area contributed by atoms with E-state index in [1.54, 1.807) is 0 Å². The van der Waals surface area contributed by atoms with Crippen LogP contribution in [0.2, 0.25) is 0 Å². The summed E-state index contributed by atoms with van der Waals surface area (Å²) in [5.41, 5.74) is -0.397. The SMILES string of the molecule is CCC(C)C(C)(CC)OOC(C)(C)C. The maximum Gasteiger partial charge on any atom is 0.103 e. The summed E-state index contributed by atoms with van der Waals surface area (Å²) in [5, 5.41) is 0. The molecular formula is C12H26O2. The standard InChI is InChI=1S/C12H26O2/c1-8-10(3)12(7,9-2)14-13-11(4,5)6/h10H,8-9H2,1-7H3. The fraction of sp³-hybridized carbons (Fsp3) is 1.00. The fourth-order valence-corrected chi connectivity index (χ4v) is 1.14. The molecule has 0 bridgehead atoms. The first-order valence-corrected chi connectivity index (χ1v) is 5.62. The van der Waals surface area contributed by atoms with Crippen LogP contribution < -0.4 is 0 Å². The highest BCUT2D eigenvalue weighted by Gasteiger charge is 2.32. The molecular weight excluding hydrogens is 176 g/mol. The van der Waals surface area contributed by atoms with Gasteiger partial charge in [-0.1, -0.05) is 27.2 Å². The molecule has 2 nitrogen and oxygen atoms in total. The predicted octanol–water partition coefficient (Wildman–Crippen LogP) is 3.95. The lowest BCUT2D eigenvalue weighted by atomic mass is 9.86. The van der Waals surface area contributed by atoms with Crippen LogP contribution in [-0.4, -0.2) is 11.2 Å². The second-order valence-corrected chi connectivity index (χ2v) is 5.25. The Hall–Kier alpha value is -0.0800. The molecule has 0 aliphatic rings. The van der Waals surface area contributed by atoms with E-state index in [9.17, 15) is 0 Å². The number of rotatable bonds is 5. The summed E-state index contributed by atoms with van der Waals surface area (Å²) in [6, 6.07) is 0. The van der Waals surface area contributed by atoms with Gasteiger partial charge >= 0.3 is 0 Å². The molecule has 0 radical (unpaired) electrons. The van der Waals surface area contributed by atoms with E-state index in [0.29, 0.717) is 5.92 Å². The molecule has 14 heavy (non-hydrogen) atoms. The molecule has 0 saturated carbocycles. The quantitative estimate of drug-likeness (QED) is 0.496. The van der Waals surface area contributed by atoms with Crippen LogP contribution in [0, 0.1) is 5.92 Å². The Bertz CT molecular complexity index is 160. The van der Waals surface area contributed by atoms with Gasteiger partial charge in [0.1, 0.15) is 5.60 Å². The monoisotopic (exact) mass is 202 g/mol. The van der Waals surface area contributed by atoms with Crippen LogP contribution in [0.25, 0.3) is 0 Å². The summed E-state index contributed by atoms with van der Waals surface area (Å²) < 4.78 is 0. The van der Waals surface area contributed by atoms with Gasteiger partial charge in [-0.2, -0.15) is 0 Å². The Labute approximate surface area is 88.9 Å². The lowest BCUT2D eigenvalue weighted by Gasteiger charge is -2.35. The fourth-order valence-electron chi connectivity index (χ4n) is 1.14. The van der Waals surface area contributed by atoms with Crippen molar-refractivity contribution in [3.05, 3.63) is 0 Å². The Kier molecular flexibility index (Phi) is 5.10. The maximum absolute atomic E-state index is 5.60. The molecule has 0 amide bonds. The van der Waals surface area contributed by atoms with Crippen LogP contribution in [0.3, 0.4) is 0 Å². The molecule has 0 aliphatic heterocycles. The highest BCUT2D eigenvalue weighted by molar-refractivity contribution is 4.78. The Morgan fingerprint density at radius 3 is 1.79 bits per heavy atom. The molecule has 0 fully saturated rings. The third-order valence-electron chi connectivity index (χ3n) is 2.84. The van der Waals surface area contributed by atoms with Crippen molar-refractivity contribution in [1.82, 2.24) is 0 Å². The maximum atomic E-state index is 5.60. The second-order valence-electron chi connectivity index (χ2n) is 5.25. The van der Waals surface area contributed by atoms with Gasteiger partial charge < -0.3 is 0 Å². The minimum Gasteiger partial charge on any atom is -0.230 e. The van der Waals surface area contributed by atoms with Crippen molar-refractivity contribution >= 4 is 0 Å². The minimum atomic E-state index is -0.232. The van der Waals surface area contributed by atoms with Crippen molar-refractivity contribution in [2.24, 2.45) is 5.92 Å². The summed E-state index contributed by atoms with van der Waals surface area (Å²) in [6.07, 6.45) is 2.08. The van der Waals surface area contributed by atoms with Gasteiger partial charge in [0.05, 0.1) is 5.60 Å². The zero-order valence-electron chi connectivity index (χ0n) is 10.8. The topological polar surface area (TPSA) is 18.5 Å². The largest absolute Gasteiger partial charge is 0.230 e. The van der Waals surface area contributed by atoms with Crippen LogP contribution in [0.15, 0.2) is 0 Å². The summed E-state index contributed by atoms with van der Waals surface area (Å²) in [5.74, 6) is 0.509. The number of hydrogen-bond donors (Lipinski definition) is 0. The van der Waals surface area contributed by atoms with Gasteiger partial charge in [0.25, 0.3) is 0 Å². The average Bonchev–Trinajstić information content (AvgIpc) is 2.11. The molecule has 0 rings (SSSR count). The molecule has 0 N–H and O–H groups in total. The lowest BCUT2D eigenvalue weighted by molar-refractivity contribution is -0.409. The molecule has 0 aromatic heterocycles. The van der Waals surface area contributed by atoms with Gasteiger partial charge in [-0.3, -0.25) is 0 Å². The van der Waals surface area contributed by atoms with E-state index < -0.39 is 0 Å². The van der Waals surface area contributed by atoms with Gasteiger partial charge in [0.2, 0.25) is 0 Å². The van der Waals surface area contributed by atoms with Crippen LogP contribution in [0.4, 0.5) is 0 Å². The zero-order valence-corrected chi connectivity index (χ0v) is 10.8. The van der Waals surface area contributed by atoms with Crippen molar-refractivity contribution < 1.29 is 9.78 Å². The van der Waals surface area contributed by atoms with E-state index in [1.807, 2.05) is 20.8 Å². The van der Waals surface area contributed by atoms with E-state index in [1.165, 1.54) is 0 Å². The molecule has 0 heterocycles. The average molecular weight is 202 g/mol. The summed E-state index contributed by atoms with van der Waals surface area (Å²) in [7, 11) is 0. The van der Waals surface area contributed by atoms with E-state index in [2.05, 4.69) is 27.7 Å². The molecule has 2 unspecified atom stereocenters. The molecule has 86 valence electrons. The Morgan fingerprint density at radius 2 is 1.50 bits per heavy atom. The molecule has 0 aliphatic carbocycles. The molecule has 2 heteroatoms. The highest BCUT2D eigenvalue weighted by atomic mass is 17.2. The third kappa shape index (κ3) is 4.43. The smallest absolute Gasteiger partial charge is 0.103 e. The first kappa shape index (κ1) is 13.9. The van der Waals surface area contributed by atoms with Crippen molar-refractivity contribution in [3.63, 3.8) is 0 Å². The zero-order chi connectivity index (χ0) is 11.4. The molecule has 0 saturated heterocycles. The first-order valence-electron chi connectivity index (χ1n) is 5.62. The minimum absolute atomic E-state index is 0.165. The first-order chi connectivity index (χ1) is 6.25. The van der Waals surface area contributed by atoms with Crippen molar-refractivity contribution in [2.75, 3.05) is 0 Å². The summed E-state index contributed by atoms with van der Waals surface area (Å²) in [6.45, 7) is 14.6. The van der Waals surface area contributed by atoms with E-state index in [-0.39, 0.29) is 11.2 Å². The Balaban J connectivity index is 4.26. The molecule has 0 aromatic carbocycles. The predicted molar refractivity (Wildman–Crippen MR) is 60.1 cm³/mol. The lowest BCUT2D eigenvalue weighted by Crippen LogP contribution is -2.38. The summed E-state index contributed by atoms with van der Waals surface area (Å²) in [4.78, 5) is 11.0. The van der Waals surface area contributed by atoms with Crippen molar-refractivity contribution in [1.29, 1.82) is 0 Å².